The second kappa shape index (κ2) is 10.9. The highest BCUT2D eigenvalue weighted by molar-refractivity contribution is 8.03. The molecule has 1 aliphatic rings. The molecule has 0 radical (unpaired) electrons. The first kappa shape index (κ1) is 29.8. The molecule has 1 aromatic heterocycles. The fourth-order valence-electron chi connectivity index (χ4n) is 3.18. The number of nitriles is 1. The van der Waals surface area contributed by atoms with Crippen molar-refractivity contribution in [2.75, 3.05) is 12.4 Å². The molecule has 11 heteroatoms. The van der Waals surface area contributed by atoms with E-state index in [2.05, 4.69) is 78.1 Å². The first-order valence-corrected chi connectivity index (χ1v) is 18.7. The van der Waals surface area contributed by atoms with Crippen LogP contribution in [0.5, 0.6) is 0 Å². The lowest BCUT2D eigenvalue weighted by Crippen LogP contribution is -2.47. The van der Waals surface area contributed by atoms with Gasteiger partial charge in [-0.3, -0.25) is 14.3 Å². The van der Waals surface area contributed by atoms with E-state index in [1.165, 1.54) is 16.8 Å². The molecule has 2 rings (SSSR count). The van der Waals surface area contributed by atoms with Gasteiger partial charge >= 0.3 is 5.69 Å². The molecule has 2 heterocycles. The number of hydrogen-bond acceptors (Lipinski definition) is 7. The van der Waals surface area contributed by atoms with E-state index in [0.29, 0.717) is 12.4 Å². The van der Waals surface area contributed by atoms with Crippen molar-refractivity contribution in [1.29, 1.82) is 5.26 Å². The van der Waals surface area contributed by atoms with Crippen LogP contribution in [0.1, 0.15) is 47.8 Å². The van der Waals surface area contributed by atoms with Crippen molar-refractivity contribution in [1.82, 2.24) is 9.55 Å². The van der Waals surface area contributed by atoms with Gasteiger partial charge in [0.25, 0.3) is 5.56 Å². The molecule has 1 saturated heterocycles. The van der Waals surface area contributed by atoms with Gasteiger partial charge in [0.2, 0.25) is 0 Å². The summed E-state index contributed by atoms with van der Waals surface area (Å²) >= 11 is 1.13. The number of nitrogens with zero attached hydrogens (tertiary/aromatic N) is 2. The van der Waals surface area contributed by atoms with E-state index in [-0.39, 0.29) is 10.1 Å². The third kappa shape index (κ3) is 7.08. The summed E-state index contributed by atoms with van der Waals surface area (Å²) in [6, 6.07) is 1.31. The van der Waals surface area contributed by atoms with Gasteiger partial charge in [0, 0.05) is 18.0 Å². The van der Waals surface area contributed by atoms with E-state index in [1.54, 1.807) is 0 Å². The van der Waals surface area contributed by atoms with Crippen molar-refractivity contribution in [2.45, 2.75) is 96.2 Å². The smallest absolute Gasteiger partial charge is 0.330 e. The molecule has 0 unspecified atom stereocenters. The number of aromatic amines is 1. The monoisotopic (exact) mass is 539 g/mol. The van der Waals surface area contributed by atoms with E-state index in [1.807, 2.05) is 6.08 Å². The third-order valence-corrected chi connectivity index (χ3v) is 16.9. The molecule has 3 atom stereocenters. The SMILES string of the molecule is CC(C)(C)[Si](C)(C)OC[C@H]1O[C@@H](n2ccc(=O)[nH]c2=O)[C@H](O[Si](C)(C)C(C)(C)C)/C1=C/CSC#N. The number of H-pyrrole nitrogens is 1. The maximum atomic E-state index is 12.7. The lowest BCUT2D eigenvalue weighted by atomic mass is 10.1. The molecule has 0 spiro atoms. The largest absolute Gasteiger partial charge is 0.414 e. The predicted octanol–water partition coefficient (Wildman–Crippen LogP) is 4.99. The summed E-state index contributed by atoms with van der Waals surface area (Å²) in [7, 11) is -4.36. The van der Waals surface area contributed by atoms with Crippen molar-refractivity contribution in [3.8, 4) is 5.40 Å². The summed E-state index contributed by atoms with van der Waals surface area (Å²) in [6.07, 6.45) is 1.67. The fourth-order valence-corrected chi connectivity index (χ4v) is 5.78. The minimum Gasteiger partial charge on any atom is -0.414 e. The summed E-state index contributed by atoms with van der Waals surface area (Å²) in [5.41, 5.74) is -0.146. The van der Waals surface area contributed by atoms with Gasteiger partial charge < -0.3 is 13.6 Å². The van der Waals surface area contributed by atoms with Crippen LogP contribution in [-0.4, -0.2) is 50.8 Å². The van der Waals surface area contributed by atoms with Crippen molar-refractivity contribution >= 4 is 28.4 Å². The number of thiocyanates is 1. The molecule has 196 valence electrons. The Balaban J connectivity index is 2.56. The Morgan fingerprint density at radius 3 is 2.26 bits per heavy atom. The number of aromatic nitrogens is 2. The van der Waals surface area contributed by atoms with Gasteiger partial charge in [-0.05, 0) is 53.6 Å². The Kier molecular flexibility index (Phi) is 9.28. The first-order chi connectivity index (χ1) is 15.9. The maximum Gasteiger partial charge on any atom is 0.330 e. The second-order valence-corrected chi connectivity index (χ2v) is 22.4. The average molecular weight is 540 g/mol. The summed E-state index contributed by atoms with van der Waals surface area (Å²) in [6.45, 7) is 22.0. The van der Waals surface area contributed by atoms with E-state index < -0.39 is 46.3 Å². The Morgan fingerprint density at radius 1 is 1.14 bits per heavy atom. The number of hydrogen-bond donors (Lipinski definition) is 1. The summed E-state index contributed by atoms with van der Waals surface area (Å²) in [4.78, 5) is 26.8. The highest BCUT2D eigenvalue weighted by Gasteiger charge is 2.49. The molecule has 1 fully saturated rings. The van der Waals surface area contributed by atoms with Gasteiger partial charge in [-0.25, -0.2) is 4.79 Å². The minimum atomic E-state index is -2.29. The maximum absolute atomic E-state index is 12.7. The zero-order valence-electron chi connectivity index (χ0n) is 22.7. The van der Waals surface area contributed by atoms with Crippen LogP contribution < -0.4 is 11.2 Å². The minimum absolute atomic E-state index is 0.0262. The van der Waals surface area contributed by atoms with Gasteiger partial charge in [-0.15, -0.1) is 0 Å². The molecule has 0 bridgehead atoms. The Labute approximate surface area is 215 Å². The molecule has 0 aliphatic carbocycles. The van der Waals surface area contributed by atoms with Crippen LogP contribution in [0.15, 0.2) is 33.5 Å². The molecule has 1 aromatic rings. The molecular weight excluding hydrogens is 499 g/mol. The van der Waals surface area contributed by atoms with Gasteiger partial charge in [0.05, 0.1) is 6.61 Å². The molecule has 0 amide bonds. The summed E-state index contributed by atoms with van der Waals surface area (Å²) < 4.78 is 21.2. The number of rotatable bonds is 8. The van der Waals surface area contributed by atoms with Crippen molar-refractivity contribution in [3.63, 3.8) is 0 Å². The Morgan fingerprint density at radius 2 is 1.74 bits per heavy atom. The number of thioether (sulfide) groups is 1. The van der Waals surface area contributed by atoms with Crippen molar-refractivity contribution in [2.24, 2.45) is 0 Å². The van der Waals surface area contributed by atoms with Crippen molar-refractivity contribution in [3.05, 3.63) is 44.8 Å². The lowest BCUT2D eigenvalue weighted by molar-refractivity contribution is -0.0483. The molecule has 0 aromatic carbocycles. The van der Waals surface area contributed by atoms with Crippen LogP contribution >= 0.6 is 11.8 Å². The zero-order valence-corrected chi connectivity index (χ0v) is 25.5. The van der Waals surface area contributed by atoms with Crippen LogP contribution in [0.4, 0.5) is 0 Å². The van der Waals surface area contributed by atoms with Crippen LogP contribution in [0.25, 0.3) is 0 Å². The second-order valence-electron chi connectivity index (χ2n) is 12.0. The molecule has 35 heavy (non-hydrogen) atoms. The van der Waals surface area contributed by atoms with E-state index in [4.69, 9.17) is 18.9 Å². The van der Waals surface area contributed by atoms with Crippen LogP contribution in [0, 0.1) is 10.7 Å². The van der Waals surface area contributed by atoms with Gasteiger partial charge in [0.1, 0.15) is 17.6 Å². The number of ether oxygens (including phenoxy) is 1. The third-order valence-electron chi connectivity index (χ3n) is 7.48. The molecule has 1 N–H and O–H groups in total. The van der Waals surface area contributed by atoms with Gasteiger partial charge in [-0.1, -0.05) is 47.6 Å². The van der Waals surface area contributed by atoms with Crippen LogP contribution in [-0.2, 0) is 13.6 Å². The quantitative estimate of drug-likeness (QED) is 0.215. The predicted molar refractivity (Wildman–Crippen MR) is 147 cm³/mol. The molecule has 8 nitrogen and oxygen atoms in total. The van der Waals surface area contributed by atoms with Crippen LogP contribution in [0.3, 0.4) is 0 Å². The summed E-state index contributed by atoms with van der Waals surface area (Å²) in [5.74, 6) is 0.469. The van der Waals surface area contributed by atoms with Crippen LogP contribution in [0.2, 0.25) is 36.3 Å². The number of nitrogens with one attached hydrogen (secondary N) is 1. The lowest BCUT2D eigenvalue weighted by Gasteiger charge is -2.39. The van der Waals surface area contributed by atoms with E-state index in [0.717, 1.165) is 17.3 Å². The summed E-state index contributed by atoms with van der Waals surface area (Å²) in [5, 5.41) is 11.1. The Hall–Kier alpha value is -1.43. The highest BCUT2D eigenvalue weighted by atomic mass is 32.2. The average Bonchev–Trinajstić information content (AvgIpc) is 3.01. The zero-order chi connectivity index (χ0) is 26.8. The van der Waals surface area contributed by atoms with E-state index in [9.17, 15) is 9.59 Å². The molecule has 0 saturated carbocycles. The van der Waals surface area contributed by atoms with Gasteiger partial charge in [0.15, 0.2) is 22.9 Å². The normalized spacial score (nSPS) is 23.0. The highest BCUT2D eigenvalue weighted by Crippen LogP contribution is 2.44. The van der Waals surface area contributed by atoms with Gasteiger partial charge in [-0.2, -0.15) is 5.26 Å². The molecule has 1 aliphatic heterocycles. The standard InChI is InChI=1S/C24H41N3O5SSi2/c1-23(2,3)34(7,8)30-15-18-17(12-14-33-16-25)20(32-35(9,10)24(4,5)6)21(31-18)27-13-11-19(28)26-22(27)29/h11-13,18,20-21H,14-15H2,1-10H3,(H,26,28,29)/b17-12+/t18-,20-,21-/m1/s1. The van der Waals surface area contributed by atoms with E-state index >= 15 is 0 Å². The first-order valence-electron chi connectivity index (χ1n) is 11.9. The fraction of sp³-hybridized carbons (Fsp3) is 0.708. The molecular formula is C24H41N3O5SSi2. The van der Waals surface area contributed by atoms with Crippen molar-refractivity contribution < 1.29 is 13.6 Å². The Bertz CT molecular complexity index is 1080. The topological polar surface area (TPSA) is 106 Å².